The molecule has 3 N–H and O–H groups in total. The smallest absolute Gasteiger partial charge is 0.193 e. The van der Waals surface area contributed by atoms with Crippen LogP contribution in [0.25, 0.3) is 0 Å². The minimum Gasteiger partial charge on any atom is -0.444 e. The Morgan fingerprint density at radius 2 is 1.95 bits per heavy atom. The number of nitrogens with zero attached hydrogens (tertiary/aromatic N) is 2. The van der Waals surface area contributed by atoms with Gasteiger partial charge in [-0.2, -0.15) is 0 Å². The number of rotatable bonds is 3. The fourth-order valence-electron chi connectivity index (χ4n) is 1.88. The molecule has 0 aliphatic rings. The van der Waals surface area contributed by atoms with E-state index < -0.39 is 0 Å². The van der Waals surface area contributed by atoms with Gasteiger partial charge in [0.1, 0.15) is 12.3 Å². The van der Waals surface area contributed by atoms with Gasteiger partial charge in [0, 0.05) is 12.6 Å². The second kappa shape index (κ2) is 5.56. The average Bonchev–Trinajstić information content (AvgIpc) is 2.71. The zero-order valence-corrected chi connectivity index (χ0v) is 11.4. The lowest BCUT2D eigenvalue weighted by Gasteiger charge is -2.07. The number of anilines is 1. The number of aryl methyl sites for hydroxylation is 3. The number of nitrogens with one attached hydrogen (secondary N) is 1. The summed E-state index contributed by atoms with van der Waals surface area (Å²) >= 11 is 0. The molecule has 0 saturated heterocycles. The summed E-state index contributed by atoms with van der Waals surface area (Å²) in [5, 5.41) is 3.07. The van der Waals surface area contributed by atoms with Gasteiger partial charge < -0.3 is 15.5 Å². The fourth-order valence-corrected chi connectivity index (χ4v) is 1.88. The summed E-state index contributed by atoms with van der Waals surface area (Å²) in [4.78, 5) is 8.22. The molecule has 1 aromatic heterocycles. The molecule has 100 valence electrons. The Morgan fingerprint density at radius 3 is 2.53 bits per heavy atom. The summed E-state index contributed by atoms with van der Waals surface area (Å²) in [7, 11) is 0. The number of hydrogen-bond acceptors (Lipinski definition) is 3. The van der Waals surface area contributed by atoms with Crippen LogP contribution in [0.1, 0.15) is 22.8 Å². The quantitative estimate of drug-likeness (QED) is 0.655. The van der Waals surface area contributed by atoms with Crippen LogP contribution in [0.4, 0.5) is 5.69 Å². The van der Waals surface area contributed by atoms with Crippen molar-refractivity contribution in [3.63, 3.8) is 0 Å². The predicted octanol–water partition coefficient (Wildman–Crippen LogP) is 2.53. The molecule has 2 aromatic rings. The van der Waals surface area contributed by atoms with Crippen LogP contribution in [0, 0.1) is 20.8 Å². The van der Waals surface area contributed by atoms with E-state index in [1.807, 2.05) is 26.0 Å². The van der Waals surface area contributed by atoms with Crippen LogP contribution < -0.4 is 11.1 Å². The van der Waals surface area contributed by atoms with Crippen LogP contribution >= 0.6 is 0 Å². The summed E-state index contributed by atoms with van der Waals surface area (Å²) in [6.07, 6.45) is 1.66. The van der Waals surface area contributed by atoms with Crippen molar-refractivity contribution >= 4 is 11.6 Å². The molecular formula is C14H18N4O. The number of nitrogens with two attached hydrogens (primary N) is 1. The maximum Gasteiger partial charge on any atom is 0.193 e. The Hall–Kier alpha value is -2.30. The van der Waals surface area contributed by atoms with E-state index in [1.54, 1.807) is 13.1 Å². The summed E-state index contributed by atoms with van der Waals surface area (Å²) in [5.74, 6) is 1.69. The van der Waals surface area contributed by atoms with Gasteiger partial charge in [-0.3, -0.25) is 0 Å². The van der Waals surface area contributed by atoms with Crippen LogP contribution in [0.2, 0.25) is 0 Å². The maximum absolute atomic E-state index is 5.84. The lowest BCUT2D eigenvalue weighted by atomic mass is 10.1. The number of aliphatic imine (C=N–C) groups is 1. The molecule has 1 aromatic carbocycles. The van der Waals surface area contributed by atoms with Crippen molar-refractivity contribution in [2.75, 3.05) is 5.32 Å². The number of aromatic nitrogens is 1. The van der Waals surface area contributed by atoms with Gasteiger partial charge in [-0.05, 0) is 37.1 Å². The topological polar surface area (TPSA) is 76.4 Å². The molecular weight excluding hydrogens is 240 g/mol. The van der Waals surface area contributed by atoms with E-state index in [4.69, 9.17) is 10.2 Å². The number of oxazole rings is 1. The molecule has 0 unspecified atom stereocenters. The van der Waals surface area contributed by atoms with E-state index in [1.165, 1.54) is 11.1 Å². The molecule has 0 radical (unpaired) electrons. The first-order valence-corrected chi connectivity index (χ1v) is 6.09. The highest BCUT2D eigenvalue weighted by Gasteiger charge is 2.00. The van der Waals surface area contributed by atoms with Gasteiger partial charge in [-0.25, -0.2) is 9.98 Å². The van der Waals surface area contributed by atoms with Crippen LogP contribution in [0.3, 0.4) is 0 Å². The van der Waals surface area contributed by atoms with Gasteiger partial charge in [-0.15, -0.1) is 0 Å². The first-order chi connectivity index (χ1) is 9.02. The van der Waals surface area contributed by atoms with Gasteiger partial charge in [0.05, 0.1) is 6.20 Å². The molecule has 0 atom stereocenters. The highest BCUT2D eigenvalue weighted by atomic mass is 16.4. The third-order valence-electron chi connectivity index (χ3n) is 2.57. The summed E-state index contributed by atoms with van der Waals surface area (Å²) in [5.41, 5.74) is 9.14. The second-order valence-electron chi connectivity index (χ2n) is 4.55. The molecule has 0 amide bonds. The number of hydrogen-bond donors (Lipinski definition) is 2. The molecule has 0 aliphatic heterocycles. The van der Waals surface area contributed by atoms with Crippen molar-refractivity contribution in [1.82, 2.24) is 4.98 Å². The predicted molar refractivity (Wildman–Crippen MR) is 76.1 cm³/mol. The zero-order chi connectivity index (χ0) is 13.8. The van der Waals surface area contributed by atoms with E-state index in [2.05, 4.69) is 21.4 Å². The Balaban J connectivity index is 2.01. The first kappa shape index (κ1) is 13.1. The highest BCUT2D eigenvalue weighted by Crippen LogP contribution is 2.13. The molecule has 0 fully saturated rings. The SMILES string of the molecule is Cc1cc(C)cc(NC(N)=NCc2cnc(C)o2)c1. The number of guanidine groups is 1. The van der Waals surface area contributed by atoms with E-state index in [-0.39, 0.29) is 0 Å². The van der Waals surface area contributed by atoms with Crippen LogP contribution in [-0.4, -0.2) is 10.9 Å². The van der Waals surface area contributed by atoms with E-state index in [0.29, 0.717) is 24.2 Å². The van der Waals surface area contributed by atoms with Gasteiger partial charge in [0.25, 0.3) is 0 Å². The Bertz CT molecular complexity index is 581. The van der Waals surface area contributed by atoms with Gasteiger partial charge >= 0.3 is 0 Å². The molecule has 2 rings (SSSR count). The minimum absolute atomic E-state index is 0.360. The standard InChI is InChI=1S/C14H18N4O/c1-9-4-10(2)6-12(5-9)18-14(15)17-8-13-7-16-11(3)19-13/h4-7H,8H2,1-3H3,(H3,15,17,18). The van der Waals surface area contributed by atoms with Crippen molar-refractivity contribution in [2.45, 2.75) is 27.3 Å². The van der Waals surface area contributed by atoms with E-state index in [9.17, 15) is 0 Å². The largest absolute Gasteiger partial charge is 0.444 e. The molecule has 0 spiro atoms. The van der Waals surface area contributed by atoms with Gasteiger partial charge in [0.2, 0.25) is 0 Å². The zero-order valence-electron chi connectivity index (χ0n) is 11.4. The highest BCUT2D eigenvalue weighted by molar-refractivity contribution is 5.92. The second-order valence-corrected chi connectivity index (χ2v) is 4.55. The van der Waals surface area contributed by atoms with Crippen molar-refractivity contribution in [1.29, 1.82) is 0 Å². The van der Waals surface area contributed by atoms with Crippen LogP contribution in [0.5, 0.6) is 0 Å². The maximum atomic E-state index is 5.84. The summed E-state index contributed by atoms with van der Waals surface area (Å²) in [6.45, 7) is 6.26. The van der Waals surface area contributed by atoms with Crippen molar-refractivity contribution in [3.05, 3.63) is 47.2 Å². The van der Waals surface area contributed by atoms with E-state index in [0.717, 1.165) is 5.69 Å². The Morgan fingerprint density at radius 1 is 1.26 bits per heavy atom. The van der Waals surface area contributed by atoms with Gasteiger partial charge in [0.15, 0.2) is 11.9 Å². The molecule has 1 heterocycles. The molecule has 0 saturated carbocycles. The fraction of sp³-hybridized carbons (Fsp3) is 0.286. The van der Waals surface area contributed by atoms with Crippen LogP contribution in [-0.2, 0) is 6.54 Å². The minimum atomic E-state index is 0.360. The normalized spacial score (nSPS) is 11.6. The van der Waals surface area contributed by atoms with Crippen molar-refractivity contribution in [2.24, 2.45) is 10.7 Å². The lowest BCUT2D eigenvalue weighted by Crippen LogP contribution is -2.22. The Labute approximate surface area is 112 Å². The van der Waals surface area contributed by atoms with Crippen molar-refractivity contribution in [3.8, 4) is 0 Å². The molecule has 0 aliphatic carbocycles. The molecule has 5 nitrogen and oxygen atoms in total. The monoisotopic (exact) mass is 258 g/mol. The lowest BCUT2D eigenvalue weighted by molar-refractivity contribution is 0.477. The average molecular weight is 258 g/mol. The van der Waals surface area contributed by atoms with Gasteiger partial charge in [-0.1, -0.05) is 6.07 Å². The first-order valence-electron chi connectivity index (χ1n) is 6.09. The molecule has 19 heavy (non-hydrogen) atoms. The van der Waals surface area contributed by atoms with Crippen molar-refractivity contribution < 1.29 is 4.42 Å². The Kier molecular flexibility index (Phi) is 3.85. The number of benzene rings is 1. The van der Waals surface area contributed by atoms with Crippen LogP contribution in [0.15, 0.2) is 33.8 Å². The van der Waals surface area contributed by atoms with E-state index >= 15 is 0 Å². The third-order valence-corrected chi connectivity index (χ3v) is 2.57. The summed E-state index contributed by atoms with van der Waals surface area (Å²) in [6, 6.07) is 6.15. The third kappa shape index (κ3) is 3.84. The summed E-state index contributed by atoms with van der Waals surface area (Å²) < 4.78 is 5.32. The molecule has 0 bridgehead atoms. The molecule has 5 heteroatoms.